The van der Waals surface area contributed by atoms with Gasteiger partial charge in [0, 0.05) is 12.7 Å². The number of hydrogen-bond donors (Lipinski definition) is 1. The zero-order valence-electron chi connectivity index (χ0n) is 12.2. The van der Waals surface area contributed by atoms with Crippen molar-refractivity contribution in [3.05, 3.63) is 17.8 Å². The van der Waals surface area contributed by atoms with Crippen LogP contribution in [-0.4, -0.2) is 29.7 Å². The Morgan fingerprint density at radius 3 is 2.53 bits per heavy atom. The van der Waals surface area contributed by atoms with Crippen LogP contribution >= 0.6 is 0 Å². The first-order chi connectivity index (χ1) is 8.90. The second-order valence-electron chi connectivity index (χ2n) is 4.61. The molecule has 0 aliphatic heterocycles. The number of ether oxygens (including phenoxy) is 2. The van der Waals surface area contributed by atoms with Crippen LogP contribution in [0, 0.1) is 6.92 Å². The van der Waals surface area contributed by atoms with Crippen molar-refractivity contribution in [3.63, 3.8) is 0 Å². The lowest BCUT2D eigenvalue weighted by molar-refractivity contribution is -0.136. The third-order valence-electron chi connectivity index (χ3n) is 2.65. The number of carbonyl (C=O) groups excluding carboxylic acids is 1. The van der Waals surface area contributed by atoms with Gasteiger partial charge >= 0.3 is 0 Å². The van der Waals surface area contributed by atoms with Gasteiger partial charge in [-0.1, -0.05) is 0 Å². The molecule has 0 unspecified atom stereocenters. The van der Waals surface area contributed by atoms with Gasteiger partial charge in [-0.3, -0.25) is 4.79 Å². The predicted molar refractivity (Wildman–Crippen MR) is 74.5 cm³/mol. The second-order valence-corrected chi connectivity index (χ2v) is 4.61. The fraction of sp³-hybridized carbons (Fsp3) is 0.571. The van der Waals surface area contributed by atoms with Gasteiger partial charge in [0.2, 0.25) is 5.88 Å². The minimum absolute atomic E-state index is 0.191. The van der Waals surface area contributed by atoms with Crippen molar-refractivity contribution in [1.82, 2.24) is 4.98 Å². The highest BCUT2D eigenvalue weighted by molar-refractivity contribution is 5.97. The molecule has 1 aromatic rings. The van der Waals surface area contributed by atoms with E-state index in [0.717, 1.165) is 0 Å². The SMILES string of the molecule is CCOc1ccc(NC(=O)C(C)(C)OCC)c(C)n1. The van der Waals surface area contributed by atoms with Crippen molar-refractivity contribution in [3.8, 4) is 5.88 Å². The molecule has 0 saturated carbocycles. The van der Waals surface area contributed by atoms with Crippen molar-refractivity contribution < 1.29 is 14.3 Å². The van der Waals surface area contributed by atoms with Crippen LogP contribution in [0.25, 0.3) is 0 Å². The molecule has 0 aliphatic carbocycles. The van der Waals surface area contributed by atoms with Gasteiger partial charge in [0.1, 0.15) is 5.60 Å². The molecule has 0 fully saturated rings. The third kappa shape index (κ3) is 4.21. The summed E-state index contributed by atoms with van der Waals surface area (Å²) in [6, 6.07) is 3.52. The van der Waals surface area contributed by atoms with Crippen LogP contribution < -0.4 is 10.1 Å². The number of aromatic nitrogens is 1. The Kier molecular flexibility index (Phi) is 5.30. The molecule has 0 aromatic carbocycles. The number of rotatable bonds is 6. The highest BCUT2D eigenvalue weighted by Crippen LogP contribution is 2.19. The van der Waals surface area contributed by atoms with Crippen LogP contribution in [0.5, 0.6) is 5.88 Å². The summed E-state index contributed by atoms with van der Waals surface area (Å²) in [4.78, 5) is 16.4. The Balaban J connectivity index is 2.80. The molecule has 0 saturated heterocycles. The van der Waals surface area contributed by atoms with Crippen LogP contribution in [0.4, 0.5) is 5.69 Å². The maximum Gasteiger partial charge on any atom is 0.256 e. The zero-order valence-corrected chi connectivity index (χ0v) is 12.2. The van der Waals surface area contributed by atoms with Crippen LogP contribution in [-0.2, 0) is 9.53 Å². The molecule has 0 radical (unpaired) electrons. The van der Waals surface area contributed by atoms with E-state index in [1.807, 2.05) is 20.8 Å². The van der Waals surface area contributed by atoms with Crippen LogP contribution in [0.3, 0.4) is 0 Å². The average Bonchev–Trinajstić information content (AvgIpc) is 2.32. The molecule has 1 rings (SSSR count). The smallest absolute Gasteiger partial charge is 0.256 e. The normalized spacial score (nSPS) is 11.2. The average molecular weight is 266 g/mol. The van der Waals surface area contributed by atoms with Gasteiger partial charge in [-0.05, 0) is 40.7 Å². The van der Waals surface area contributed by atoms with E-state index < -0.39 is 5.60 Å². The lowest BCUT2D eigenvalue weighted by atomic mass is 10.1. The van der Waals surface area contributed by atoms with Gasteiger partial charge in [-0.25, -0.2) is 4.98 Å². The number of aryl methyl sites for hydroxylation is 1. The summed E-state index contributed by atoms with van der Waals surface area (Å²) in [6.45, 7) is 10.1. The topological polar surface area (TPSA) is 60.5 Å². The number of nitrogens with zero attached hydrogens (tertiary/aromatic N) is 1. The van der Waals surface area contributed by atoms with E-state index in [4.69, 9.17) is 9.47 Å². The largest absolute Gasteiger partial charge is 0.478 e. The Hall–Kier alpha value is -1.62. The Labute approximate surface area is 114 Å². The summed E-state index contributed by atoms with van der Waals surface area (Å²) < 4.78 is 10.7. The molecule has 0 atom stereocenters. The maximum atomic E-state index is 12.1. The van der Waals surface area contributed by atoms with Crippen molar-refractivity contribution in [2.45, 2.75) is 40.2 Å². The van der Waals surface area contributed by atoms with Gasteiger partial charge in [-0.2, -0.15) is 0 Å². The molecular weight excluding hydrogens is 244 g/mol. The maximum absolute atomic E-state index is 12.1. The standard InChI is InChI=1S/C14H22N2O3/c1-6-18-12-9-8-11(10(3)15-12)16-13(17)14(4,5)19-7-2/h8-9H,6-7H2,1-5H3,(H,16,17). The minimum atomic E-state index is -0.861. The number of carbonyl (C=O) groups is 1. The molecule has 5 heteroatoms. The second kappa shape index (κ2) is 6.52. The first-order valence-corrected chi connectivity index (χ1v) is 6.46. The van der Waals surface area contributed by atoms with E-state index in [1.165, 1.54) is 0 Å². The number of pyridine rings is 1. The lowest BCUT2D eigenvalue weighted by Gasteiger charge is -2.23. The van der Waals surface area contributed by atoms with E-state index in [9.17, 15) is 4.79 Å². The van der Waals surface area contributed by atoms with Crippen molar-refractivity contribution in [2.75, 3.05) is 18.5 Å². The predicted octanol–water partition coefficient (Wildman–Crippen LogP) is 2.54. The molecule has 1 aromatic heterocycles. The Morgan fingerprint density at radius 1 is 1.32 bits per heavy atom. The van der Waals surface area contributed by atoms with E-state index in [2.05, 4.69) is 10.3 Å². The number of anilines is 1. The summed E-state index contributed by atoms with van der Waals surface area (Å²) >= 11 is 0. The first-order valence-electron chi connectivity index (χ1n) is 6.46. The number of hydrogen-bond acceptors (Lipinski definition) is 4. The van der Waals surface area contributed by atoms with Crippen molar-refractivity contribution >= 4 is 11.6 Å². The molecule has 0 aliphatic rings. The molecular formula is C14H22N2O3. The molecule has 5 nitrogen and oxygen atoms in total. The summed E-state index contributed by atoms with van der Waals surface area (Å²) in [6.07, 6.45) is 0. The monoisotopic (exact) mass is 266 g/mol. The van der Waals surface area contributed by atoms with Crippen LogP contribution in [0.1, 0.15) is 33.4 Å². The minimum Gasteiger partial charge on any atom is -0.478 e. The van der Waals surface area contributed by atoms with E-state index in [-0.39, 0.29) is 5.91 Å². The molecule has 0 spiro atoms. The van der Waals surface area contributed by atoms with Gasteiger partial charge < -0.3 is 14.8 Å². The van der Waals surface area contributed by atoms with Crippen molar-refractivity contribution in [1.29, 1.82) is 0 Å². The molecule has 1 heterocycles. The number of nitrogens with one attached hydrogen (secondary N) is 1. The van der Waals surface area contributed by atoms with Gasteiger partial charge in [0.05, 0.1) is 18.0 Å². The fourth-order valence-corrected chi connectivity index (χ4v) is 1.60. The highest BCUT2D eigenvalue weighted by Gasteiger charge is 2.28. The lowest BCUT2D eigenvalue weighted by Crippen LogP contribution is -2.40. The summed E-state index contributed by atoms with van der Waals surface area (Å²) in [5, 5.41) is 2.82. The Bertz CT molecular complexity index is 444. The number of amides is 1. The molecule has 19 heavy (non-hydrogen) atoms. The molecule has 0 bridgehead atoms. The zero-order chi connectivity index (χ0) is 14.5. The Morgan fingerprint density at radius 2 is 2.00 bits per heavy atom. The summed E-state index contributed by atoms with van der Waals surface area (Å²) in [5.41, 5.74) is 0.521. The molecule has 1 amide bonds. The summed E-state index contributed by atoms with van der Waals surface area (Å²) in [5.74, 6) is 0.366. The van der Waals surface area contributed by atoms with Gasteiger partial charge in [-0.15, -0.1) is 0 Å². The molecule has 106 valence electrons. The van der Waals surface area contributed by atoms with E-state index in [0.29, 0.717) is 30.5 Å². The third-order valence-corrected chi connectivity index (χ3v) is 2.65. The van der Waals surface area contributed by atoms with Gasteiger partial charge in [0.25, 0.3) is 5.91 Å². The molecule has 1 N–H and O–H groups in total. The van der Waals surface area contributed by atoms with E-state index in [1.54, 1.807) is 26.0 Å². The fourth-order valence-electron chi connectivity index (χ4n) is 1.60. The van der Waals surface area contributed by atoms with Gasteiger partial charge in [0.15, 0.2) is 0 Å². The van der Waals surface area contributed by atoms with Crippen LogP contribution in [0.2, 0.25) is 0 Å². The van der Waals surface area contributed by atoms with Crippen molar-refractivity contribution in [2.24, 2.45) is 0 Å². The first kappa shape index (κ1) is 15.4. The van der Waals surface area contributed by atoms with E-state index >= 15 is 0 Å². The summed E-state index contributed by atoms with van der Waals surface area (Å²) in [7, 11) is 0. The highest BCUT2D eigenvalue weighted by atomic mass is 16.5. The quantitative estimate of drug-likeness (QED) is 0.859. The van der Waals surface area contributed by atoms with Crippen LogP contribution in [0.15, 0.2) is 12.1 Å².